The Hall–Kier alpha value is -2.38. The second-order valence-corrected chi connectivity index (χ2v) is 5.80. The molecule has 2 rings (SSSR count). The van der Waals surface area contributed by atoms with Crippen LogP contribution in [0.2, 0.25) is 5.02 Å². The normalized spacial score (nSPS) is 9.92. The number of halogens is 2. The van der Waals surface area contributed by atoms with Crippen LogP contribution in [0.15, 0.2) is 53.0 Å². The molecule has 0 bridgehead atoms. The standard InChI is InChI=1S/C16H12BrClN2O4/c17-12-7-3-1-5-10(12)15(22)20-19-14(21)9-24-16(23)11-6-2-4-8-13(11)18/h1-8H,9H2,(H,19,21)(H,20,22). The summed E-state index contributed by atoms with van der Waals surface area (Å²) in [5.74, 6) is -1.92. The highest BCUT2D eigenvalue weighted by molar-refractivity contribution is 9.10. The second kappa shape index (κ2) is 8.47. The van der Waals surface area contributed by atoms with Gasteiger partial charge in [0.2, 0.25) is 0 Å². The van der Waals surface area contributed by atoms with Crippen LogP contribution in [-0.2, 0) is 9.53 Å². The Morgan fingerprint density at radius 2 is 1.58 bits per heavy atom. The van der Waals surface area contributed by atoms with Crippen LogP contribution in [0.25, 0.3) is 0 Å². The molecule has 0 unspecified atom stereocenters. The maximum Gasteiger partial charge on any atom is 0.340 e. The molecule has 0 saturated carbocycles. The highest BCUT2D eigenvalue weighted by atomic mass is 79.9. The summed E-state index contributed by atoms with van der Waals surface area (Å²) in [6.07, 6.45) is 0. The molecule has 24 heavy (non-hydrogen) atoms. The van der Waals surface area contributed by atoms with Crippen LogP contribution < -0.4 is 10.9 Å². The number of amides is 2. The molecule has 0 aliphatic carbocycles. The lowest BCUT2D eigenvalue weighted by molar-refractivity contribution is -0.125. The molecule has 0 saturated heterocycles. The minimum Gasteiger partial charge on any atom is -0.452 e. The zero-order valence-electron chi connectivity index (χ0n) is 12.2. The lowest BCUT2D eigenvalue weighted by Gasteiger charge is -2.09. The van der Waals surface area contributed by atoms with Gasteiger partial charge in [-0.25, -0.2) is 4.79 Å². The minimum atomic E-state index is -0.729. The van der Waals surface area contributed by atoms with Crippen LogP contribution in [0.4, 0.5) is 0 Å². The van der Waals surface area contributed by atoms with E-state index in [2.05, 4.69) is 26.8 Å². The molecule has 0 spiro atoms. The van der Waals surface area contributed by atoms with E-state index < -0.39 is 24.4 Å². The number of ether oxygens (including phenoxy) is 1. The first-order valence-electron chi connectivity index (χ1n) is 6.74. The number of carbonyl (C=O) groups excluding carboxylic acids is 3. The summed E-state index contributed by atoms with van der Waals surface area (Å²) >= 11 is 9.09. The third-order valence-electron chi connectivity index (χ3n) is 2.86. The first-order valence-corrected chi connectivity index (χ1v) is 7.91. The number of nitrogens with one attached hydrogen (secondary N) is 2. The SMILES string of the molecule is O=C(COC(=O)c1ccccc1Cl)NNC(=O)c1ccccc1Br. The highest BCUT2D eigenvalue weighted by Gasteiger charge is 2.14. The van der Waals surface area contributed by atoms with Gasteiger partial charge in [0, 0.05) is 4.47 Å². The van der Waals surface area contributed by atoms with Gasteiger partial charge in [-0.15, -0.1) is 0 Å². The summed E-state index contributed by atoms with van der Waals surface area (Å²) in [5, 5.41) is 0.227. The van der Waals surface area contributed by atoms with Crippen LogP contribution in [0, 0.1) is 0 Å². The Kier molecular flexibility index (Phi) is 6.34. The van der Waals surface area contributed by atoms with Crippen molar-refractivity contribution in [3.8, 4) is 0 Å². The van der Waals surface area contributed by atoms with Gasteiger partial charge in [0.05, 0.1) is 16.1 Å². The van der Waals surface area contributed by atoms with Crippen LogP contribution in [0.3, 0.4) is 0 Å². The fourth-order valence-corrected chi connectivity index (χ4v) is 2.39. The Labute approximate surface area is 151 Å². The van der Waals surface area contributed by atoms with Crippen LogP contribution >= 0.6 is 27.5 Å². The van der Waals surface area contributed by atoms with Gasteiger partial charge >= 0.3 is 5.97 Å². The average Bonchev–Trinajstić information content (AvgIpc) is 2.58. The maximum atomic E-state index is 11.9. The number of hydrogen-bond acceptors (Lipinski definition) is 4. The monoisotopic (exact) mass is 410 g/mol. The van der Waals surface area contributed by atoms with E-state index >= 15 is 0 Å². The van der Waals surface area contributed by atoms with Gasteiger partial charge in [0.1, 0.15) is 0 Å². The zero-order chi connectivity index (χ0) is 17.5. The average molecular weight is 412 g/mol. The van der Waals surface area contributed by atoms with E-state index in [4.69, 9.17) is 16.3 Å². The van der Waals surface area contributed by atoms with E-state index in [-0.39, 0.29) is 10.6 Å². The zero-order valence-corrected chi connectivity index (χ0v) is 14.6. The highest BCUT2D eigenvalue weighted by Crippen LogP contribution is 2.16. The van der Waals surface area contributed by atoms with E-state index in [1.54, 1.807) is 36.4 Å². The number of carbonyl (C=O) groups is 3. The molecular formula is C16H12BrClN2O4. The minimum absolute atomic E-state index is 0.157. The largest absolute Gasteiger partial charge is 0.452 e. The van der Waals surface area contributed by atoms with Crippen molar-refractivity contribution >= 4 is 45.3 Å². The van der Waals surface area contributed by atoms with Gasteiger partial charge in [-0.05, 0) is 40.2 Å². The Morgan fingerprint density at radius 3 is 2.25 bits per heavy atom. The van der Waals surface area contributed by atoms with Crippen molar-refractivity contribution in [3.05, 3.63) is 69.2 Å². The maximum absolute atomic E-state index is 11.9. The van der Waals surface area contributed by atoms with Gasteiger partial charge in [0.15, 0.2) is 6.61 Å². The molecule has 2 amide bonds. The van der Waals surface area contributed by atoms with Gasteiger partial charge in [-0.1, -0.05) is 35.9 Å². The van der Waals surface area contributed by atoms with Crippen molar-refractivity contribution in [2.24, 2.45) is 0 Å². The van der Waals surface area contributed by atoms with Gasteiger partial charge in [0.25, 0.3) is 11.8 Å². The Morgan fingerprint density at radius 1 is 0.958 bits per heavy atom. The van der Waals surface area contributed by atoms with E-state index in [1.165, 1.54) is 12.1 Å². The first kappa shape index (κ1) is 18.0. The smallest absolute Gasteiger partial charge is 0.340 e. The molecule has 2 aromatic rings. The van der Waals surface area contributed by atoms with Crippen molar-refractivity contribution < 1.29 is 19.1 Å². The van der Waals surface area contributed by atoms with E-state index in [0.29, 0.717) is 10.0 Å². The fourth-order valence-electron chi connectivity index (χ4n) is 1.71. The van der Waals surface area contributed by atoms with Crippen molar-refractivity contribution in [2.75, 3.05) is 6.61 Å². The second-order valence-electron chi connectivity index (χ2n) is 4.54. The molecule has 0 aromatic heterocycles. The summed E-state index contributed by atoms with van der Waals surface area (Å²) in [6.45, 7) is -0.555. The van der Waals surface area contributed by atoms with Crippen LogP contribution in [0.5, 0.6) is 0 Å². The third-order valence-corrected chi connectivity index (χ3v) is 3.88. The van der Waals surface area contributed by atoms with Gasteiger partial charge < -0.3 is 4.74 Å². The molecule has 0 aliphatic heterocycles. The molecule has 6 nitrogen and oxygen atoms in total. The van der Waals surface area contributed by atoms with Gasteiger partial charge in [-0.3, -0.25) is 20.4 Å². The molecule has 0 aliphatic rings. The quantitative estimate of drug-likeness (QED) is 0.598. The molecule has 0 radical (unpaired) electrons. The summed E-state index contributed by atoms with van der Waals surface area (Å²) in [5.41, 5.74) is 4.90. The number of benzene rings is 2. The van der Waals surface area contributed by atoms with Crippen molar-refractivity contribution in [1.82, 2.24) is 10.9 Å². The van der Waals surface area contributed by atoms with Crippen molar-refractivity contribution in [2.45, 2.75) is 0 Å². The Bertz CT molecular complexity index is 719. The molecule has 124 valence electrons. The molecule has 0 atom stereocenters. The van der Waals surface area contributed by atoms with Crippen LogP contribution in [-0.4, -0.2) is 24.4 Å². The molecule has 0 fully saturated rings. The number of hydrazine groups is 1. The molecule has 2 aromatic carbocycles. The topological polar surface area (TPSA) is 84.5 Å². The molecule has 8 heteroatoms. The third kappa shape index (κ3) is 4.81. The summed E-state index contributed by atoms with van der Waals surface area (Å²) in [6, 6.07) is 13.0. The predicted molar refractivity (Wildman–Crippen MR) is 91.5 cm³/mol. The van der Waals surface area contributed by atoms with E-state index in [9.17, 15) is 14.4 Å². The lowest BCUT2D eigenvalue weighted by Crippen LogP contribution is -2.43. The number of rotatable bonds is 4. The van der Waals surface area contributed by atoms with Crippen LogP contribution in [0.1, 0.15) is 20.7 Å². The number of hydrogen-bond donors (Lipinski definition) is 2. The first-order chi connectivity index (χ1) is 11.5. The van der Waals surface area contributed by atoms with Crippen molar-refractivity contribution in [1.29, 1.82) is 0 Å². The van der Waals surface area contributed by atoms with E-state index in [1.807, 2.05) is 0 Å². The fraction of sp³-hybridized carbons (Fsp3) is 0.0625. The summed E-state index contributed by atoms with van der Waals surface area (Å²) in [7, 11) is 0. The van der Waals surface area contributed by atoms with Crippen molar-refractivity contribution in [3.63, 3.8) is 0 Å². The molecule has 2 N–H and O–H groups in total. The summed E-state index contributed by atoms with van der Waals surface area (Å²) < 4.78 is 5.42. The Balaban J connectivity index is 1.82. The summed E-state index contributed by atoms with van der Waals surface area (Å²) in [4.78, 5) is 35.3. The lowest BCUT2D eigenvalue weighted by atomic mass is 10.2. The predicted octanol–water partition coefficient (Wildman–Crippen LogP) is 2.72. The van der Waals surface area contributed by atoms with E-state index in [0.717, 1.165) is 0 Å². The number of esters is 1. The van der Waals surface area contributed by atoms with Gasteiger partial charge in [-0.2, -0.15) is 0 Å². The molecular weight excluding hydrogens is 400 g/mol. The molecule has 0 heterocycles.